The predicted molar refractivity (Wildman–Crippen MR) is 88.0 cm³/mol. The first-order valence-corrected chi connectivity index (χ1v) is 8.26. The number of thioether (sulfide) groups is 1. The minimum absolute atomic E-state index is 0.0704. The summed E-state index contributed by atoms with van der Waals surface area (Å²) < 4.78 is 1.64. The van der Waals surface area contributed by atoms with E-state index in [4.69, 9.17) is 0 Å². The molecule has 2 aromatic heterocycles. The van der Waals surface area contributed by atoms with Crippen molar-refractivity contribution in [2.45, 2.75) is 32.5 Å². The Labute approximate surface area is 133 Å². The van der Waals surface area contributed by atoms with Crippen LogP contribution in [0.15, 0.2) is 28.3 Å². The molecule has 2 aromatic rings. The predicted octanol–water partition coefficient (Wildman–Crippen LogP) is 1.68. The van der Waals surface area contributed by atoms with E-state index in [2.05, 4.69) is 15.3 Å². The van der Waals surface area contributed by atoms with Crippen molar-refractivity contribution in [3.8, 4) is 0 Å². The van der Waals surface area contributed by atoms with Gasteiger partial charge in [0.1, 0.15) is 0 Å². The fourth-order valence-corrected chi connectivity index (χ4v) is 2.88. The van der Waals surface area contributed by atoms with E-state index in [1.807, 2.05) is 20.8 Å². The maximum atomic E-state index is 12.6. The Kier molecular flexibility index (Phi) is 5.54. The summed E-state index contributed by atoms with van der Waals surface area (Å²) in [4.78, 5) is 32.9. The Morgan fingerprint density at radius 1 is 1.45 bits per heavy atom. The Morgan fingerprint density at radius 2 is 2.23 bits per heavy atom. The van der Waals surface area contributed by atoms with Crippen molar-refractivity contribution >= 4 is 28.7 Å². The quantitative estimate of drug-likeness (QED) is 0.647. The largest absolute Gasteiger partial charge is 0.356 e. The molecule has 0 saturated heterocycles. The van der Waals surface area contributed by atoms with Crippen molar-refractivity contribution in [1.29, 1.82) is 0 Å². The van der Waals surface area contributed by atoms with E-state index in [9.17, 15) is 9.59 Å². The van der Waals surface area contributed by atoms with Crippen LogP contribution in [0.25, 0.3) is 11.0 Å². The second-order valence-corrected chi connectivity index (χ2v) is 6.26. The van der Waals surface area contributed by atoms with Gasteiger partial charge >= 0.3 is 0 Å². The summed E-state index contributed by atoms with van der Waals surface area (Å²) in [5, 5.41) is 3.78. The van der Waals surface area contributed by atoms with Crippen LogP contribution >= 0.6 is 11.8 Å². The summed E-state index contributed by atoms with van der Waals surface area (Å²) >= 11 is 1.27. The van der Waals surface area contributed by atoms with E-state index in [0.717, 1.165) is 0 Å². The van der Waals surface area contributed by atoms with E-state index < -0.39 is 0 Å². The molecular formula is C15H20N4O2S. The first kappa shape index (κ1) is 16.5. The first-order chi connectivity index (χ1) is 10.5. The molecule has 0 radical (unpaired) electrons. The molecule has 0 aromatic carbocycles. The van der Waals surface area contributed by atoms with E-state index in [1.165, 1.54) is 11.8 Å². The zero-order valence-electron chi connectivity index (χ0n) is 13.0. The number of nitrogens with zero attached hydrogens (tertiary/aromatic N) is 3. The lowest BCUT2D eigenvalue weighted by molar-refractivity contribution is -0.118. The molecule has 7 heteroatoms. The lowest BCUT2D eigenvalue weighted by Crippen LogP contribution is -2.28. The number of carbonyl (C=O) groups excluding carboxylic acids is 1. The molecule has 2 rings (SSSR count). The SMILES string of the molecule is CCNC(=O)CSc1nc2ncccc2c(=O)n1CC(C)C. The number of carbonyl (C=O) groups is 1. The van der Waals surface area contributed by atoms with Crippen molar-refractivity contribution in [2.75, 3.05) is 12.3 Å². The van der Waals surface area contributed by atoms with Gasteiger partial charge in [0.25, 0.3) is 5.56 Å². The van der Waals surface area contributed by atoms with Crippen molar-refractivity contribution in [2.24, 2.45) is 5.92 Å². The van der Waals surface area contributed by atoms with Crippen molar-refractivity contribution in [3.05, 3.63) is 28.7 Å². The molecule has 1 amide bonds. The highest BCUT2D eigenvalue weighted by atomic mass is 32.2. The van der Waals surface area contributed by atoms with Crippen LogP contribution in [0.4, 0.5) is 0 Å². The van der Waals surface area contributed by atoms with Gasteiger partial charge in [-0.3, -0.25) is 14.2 Å². The average Bonchev–Trinajstić information content (AvgIpc) is 2.48. The van der Waals surface area contributed by atoms with Crippen LogP contribution < -0.4 is 10.9 Å². The number of amides is 1. The summed E-state index contributed by atoms with van der Waals surface area (Å²) in [6.07, 6.45) is 1.61. The maximum absolute atomic E-state index is 12.6. The van der Waals surface area contributed by atoms with Crippen LogP contribution in [-0.4, -0.2) is 32.7 Å². The molecule has 2 heterocycles. The van der Waals surface area contributed by atoms with Crippen LogP contribution in [-0.2, 0) is 11.3 Å². The minimum Gasteiger partial charge on any atom is -0.356 e. The van der Waals surface area contributed by atoms with Gasteiger partial charge in [-0.15, -0.1) is 0 Å². The number of fused-ring (bicyclic) bond motifs is 1. The van der Waals surface area contributed by atoms with Gasteiger partial charge in [-0.2, -0.15) is 0 Å². The molecule has 22 heavy (non-hydrogen) atoms. The number of rotatable bonds is 6. The van der Waals surface area contributed by atoms with Crippen LogP contribution in [0.3, 0.4) is 0 Å². The van der Waals surface area contributed by atoms with Gasteiger partial charge in [0, 0.05) is 19.3 Å². The molecule has 0 spiro atoms. The first-order valence-electron chi connectivity index (χ1n) is 7.28. The summed E-state index contributed by atoms with van der Waals surface area (Å²) in [5.41, 5.74) is 0.316. The standard InChI is InChI=1S/C15H20N4O2S/c1-4-16-12(20)9-22-15-18-13-11(6-5-7-17-13)14(21)19(15)8-10(2)3/h5-7,10H,4,8-9H2,1-3H3,(H,16,20). The zero-order valence-corrected chi connectivity index (χ0v) is 13.8. The molecule has 0 unspecified atom stereocenters. The summed E-state index contributed by atoms with van der Waals surface area (Å²) in [7, 11) is 0. The third kappa shape index (κ3) is 3.85. The van der Waals surface area contributed by atoms with Crippen LogP contribution in [0.1, 0.15) is 20.8 Å². The molecule has 0 aliphatic carbocycles. The molecule has 118 valence electrons. The molecule has 0 fully saturated rings. The van der Waals surface area contributed by atoms with Gasteiger partial charge in [0.2, 0.25) is 5.91 Å². The van der Waals surface area contributed by atoms with Crippen molar-refractivity contribution in [1.82, 2.24) is 19.9 Å². The van der Waals surface area contributed by atoms with E-state index in [-0.39, 0.29) is 17.2 Å². The smallest absolute Gasteiger partial charge is 0.263 e. The molecule has 0 bridgehead atoms. The Bertz CT molecular complexity index is 727. The van der Waals surface area contributed by atoms with Crippen LogP contribution in [0.2, 0.25) is 0 Å². The molecule has 0 aliphatic heterocycles. The lowest BCUT2D eigenvalue weighted by atomic mass is 10.2. The topological polar surface area (TPSA) is 76.9 Å². The second kappa shape index (κ2) is 7.40. The van der Waals surface area contributed by atoms with Gasteiger partial charge < -0.3 is 5.32 Å². The fraction of sp³-hybridized carbons (Fsp3) is 0.467. The second-order valence-electron chi connectivity index (χ2n) is 5.32. The third-order valence-corrected chi connectivity index (χ3v) is 3.93. The number of pyridine rings is 1. The average molecular weight is 320 g/mol. The summed E-state index contributed by atoms with van der Waals surface area (Å²) in [6, 6.07) is 3.46. The highest BCUT2D eigenvalue weighted by Crippen LogP contribution is 2.17. The molecule has 0 saturated carbocycles. The molecule has 0 atom stereocenters. The third-order valence-electron chi connectivity index (χ3n) is 2.95. The number of hydrogen-bond donors (Lipinski definition) is 1. The molecular weight excluding hydrogens is 300 g/mol. The number of nitrogens with one attached hydrogen (secondary N) is 1. The monoisotopic (exact) mass is 320 g/mol. The van der Waals surface area contributed by atoms with E-state index in [1.54, 1.807) is 22.9 Å². The van der Waals surface area contributed by atoms with Gasteiger partial charge in [0.05, 0.1) is 11.1 Å². The van der Waals surface area contributed by atoms with Crippen molar-refractivity contribution < 1.29 is 4.79 Å². The maximum Gasteiger partial charge on any atom is 0.263 e. The molecule has 0 aliphatic rings. The normalized spacial score (nSPS) is 11.1. The van der Waals surface area contributed by atoms with Gasteiger partial charge in [-0.1, -0.05) is 25.6 Å². The Morgan fingerprint density at radius 3 is 2.91 bits per heavy atom. The summed E-state index contributed by atoms with van der Waals surface area (Å²) in [5.74, 6) is 0.466. The fourth-order valence-electron chi connectivity index (χ4n) is 2.05. The number of hydrogen-bond acceptors (Lipinski definition) is 5. The lowest BCUT2D eigenvalue weighted by Gasteiger charge is -2.14. The highest BCUT2D eigenvalue weighted by Gasteiger charge is 2.14. The highest BCUT2D eigenvalue weighted by molar-refractivity contribution is 7.99. The van der Waals surface area contributed by atoms with Crippen molar-refractivity contribution in [3.63, 3.8) is 0 Å². The molecule has 6 nitrogen and oxygen atoms in total. The van der Waals surface area contributed by atoms with E-state index >= 15 is 0 Å². The van der Waals surface area contributed by atoms with Gasteiger partial charge in [-0.05, 0) is 25.0 Å². The summed E-state index contributed by atoms with van der Waals surface area (Å²) in [6.45, 7) is 7.10. The van der Waals surface area contributed by atoms with Gasteiger partial charge in [-0.25, -0.2) is 9.97 Å². The number of aromatic nitrogens is 3. The zero-order chi connectivity index (χ0) is 16.1. The Balaban J connectivity index is 2.41. The van der Waals surface area contributed by atoms with E-state index in [0.29, 0.717) is 35.2 Å². The Hall–Kier alpha value is -1.89. The minimum atomic E-state index is -0.106. The van der Waals surface area contributed by atoms with Gasteiger partial charge in [0.15, 0.2) is 10.8 Å². The van der Waals surface area contributed by atoms with Crippen LogP contribution in [0, 0.1) is 5.92 Å². The molecule has 1 N–H and O–H groups in total. The van der Waals surface area contributed by atoms with Crippen LogP contribution in [0.5, 0.6) is 0 Å².